The summed E-state index contributed by atoms with van der Waals surface area (Å²) in [7, 11) is 0. The van der Waals surface area contributed by atoms with Gasteiger partial charge in [-0.2, -0.15) is 18.2 Å². The highest BCUT2D eigenvalue weighted by atomic mass is 19.4. The van der Waals surface area contributed by atoms with Crippen molar-refractivity contribution < 1.29 is 13.2 Å². The van der Waals surface area contributed by atoms with Crippen LogP contribution in [0.4, 0.5) is 24.9 Å². The molecule has 18 heavy (non-hydrogen) atoms. The van der Waals surface area contributed by atoms with Gasteiger partial charge in [-0.05, 0) is 12.8 Å². The maximum atomic E-state index is 12.5. The van der Waals surface area contributed by atoms with E-state index >= 15 is 0 Å². The zero-order chi connectivity index (χ0) is 12.9. The zero-order valence-electron chi connectivity index (χ0n) is 9.04. The highest BCUT2D eigenvalue weighted by molar-refractivity contribution is 5.83. The van der Waals surface area contributed by atoms with Crippen LogP contribution in [0.1, 0.15) is 18.7 Å². The van der Waals surface area contributed by atoms with Crippen LogP contribution in [0.25, 0.3) is 11.2 Å². The van der Waals surface area contributed by atoms with Gasteiger partial charge in [0.1, 0.15) is 5.52 Å². The van der Waals surface area contributed by atoms with E-state index in [0.29, 0.717) is 12.0 Å². The number of halogens is 3. The Hall–Kier alpha value is -2.06. The second-order valence-electron chi connectivity index (χ2n) is 4.13. The van der Waals surface area contributed by atoms with Crippen molar-refractivity contribution in [1.29, 1.82) is 0 Å². The summed E-state index contributed by atoms with van der Waals surface area (Å²) < 4.78 is 37.5. The summed E-state index contributed by atoms with van der Waals surface area (Å²) in [6, 6.07) is 0.321. The normalized spacial score (nSPS) is 16.2. The van der Waals surface area contributed by atoms with Gasteiger partial charge in [-0.3, -0.25) is 0 Å². The number of hydrogen-bond donors (Lipinski definition) is 3. The van der Waals surface area contributed by atoms with E-state index in [4.69, 9.17) is 5.73 Å². The zero-order valence-corrected chi connectivity index (χ0v) is 9.04. The van der Waals surface area contributed by atoms with E-state index in [1.807, 2.05) is 0 Å². The fourth-order valence-electron chi connectivity index (χ4n) is 1.54. The topological polar surface area (TPSA) is 92.5 Å². The first-order valence-corrected chi connectivity index (χ1v) is 5.30. The number of hydrogen-bond acceptors (Lipinski definition) is 5. The average molecular weight is 258 g/mol. The lowest BCUT2D eigenvalue weighted by molar-refractivity contribution is -0.144. The Bertz CT molecular complexity index is 600. The van der Waals surface area contributed by atoms with Crippen LogP contribution in [0.2, 0.25) is 0 Å². The van der Waals surface area contributed by atoms with Crippen LogP contribution in [0.15, 0.2) is 0 Å². The van der Waals surface area contributed by atoms with Gasteiger partial charge in [0.25, 0.3) is 0 Å². The number of aromatic nitrogens is 4. The van der Waals surface area contributed by atoms with Crippen LogP contribution in [0.5, 0.6) is 0 Å². The van der Waals surface area contributed by atoms with Gasteiger partial charge in [0.2, 0.25) is 11.8 Å². The molecular weight excluding hydrogens is 249 g/mol. The van der Waals surface area contributed by atoms with E-state index in [9.17, 15) is 13.2 Å². The molecule has 6 nitrogen and oxygen atoms in total. The number of fused-ring (bicyclic) bond motifs is 1. The Labute approximate surface area is 98.8 Å². The fourth-order valence-corrected chi connectivity index (χ4v) is 1.54. The molecule has 2 aromatic heterocycles. The van der Waals surface area contributed by atoms with Crippen LogP contribution >= 0.6 is 0 Å². The van der Waals surface area contributed by atoms with Gasteiger partial charge in [-0.1, -0.05) is 0 Å². The van der Waals surface area contributed by atoms with Gasteiger partial charge in [-0.25, -0.2) is 9.97 Å². The summed E-state index contributed by atoms with van der Waals surface area (Å²) in [6.45, 7) is 0. The Morgan fingerprint density at radius 2 is 1.94 bits per heavy atom. The highest BCUT2D eigenvalue weighted by Crippen LogP contribution is 2.30. The number of nitrogens with one attached hydrogen (secondary N) is 2. The smallest absolute Gasteiger partial charge is 0.382 e. The van der Waals surface area contributed by atoms with Crippen molar-refractivity contribution in [3.05, 3.63) is 5.82 Å². The summed E-state index contributed by atoms with van der Waals surface area (Å²) in [4.78, 5) is 13.3. The molecular formula is C9H9F3N6. The summed E-state index contributed by atoms with van der Waals surface area (Å²) in [5, 5.41) is 3.02. The first kappa shape index (κ1) is 11.1. The minimum atomic E-state index is -4.63. The number of H-pyrrole nitrogens is 1. The maximum Gasteiger partial charge on any atom is 0.451 e. The number of nitrogens with two attached hydrogens (primary N) is 1. The number of aromatic amines is 1. The standard InChI is InChI=1S/C9H9F3N6/c10-9(11,12)7-16-5(13)4-6(17-7)18-8(15-4)14-3-1-2-3/h3H,1-2H2,(H4,13,14,15,16,17,18). The molecule has 0 radical (unpaired) electrons. The molecule has 1 aliphatic carbocycles. The van der Waals surface area contributed by atoms with Crippen molar-refractivity contribution in [3.8, 4) is 0 Å². The quantitative estimate of drug-likeness (QED) is 0.759. The Kier molecular flexibility index (Phi) is 2.13. The van der Waals surface area contributed by atoms with Crippen molar-refractivity contribution >= 4 is 22.9 Å². The molecule has 0 unspecified atom stereocenters. The molecule has 1 saturated carbocycles. The molecule has 4 N–H and O–H groups in total. The van der Waals surface area contributed by atoms with Gasteiger partial charge in [-0.15, -0.1) is 0 Å². The SMILES string of the molecule is Nc1nc(C(F)(F)F)nc2nc(NC3CC3)[nH]c12. The largest absolute Gasteiger partial charge is 0.451 e. The number of rotatable bonds is 2. The first-order chi connectivity index (χ1) is 8.43. The van der Waals surface area contributed by atoms with E-state index in [1.165, 1.54) is 0 Å². The van der Waals surface area contributed by atoms with Crippen molar-refractivity contribution in [2.75, 3.05) is 11.1 Å². The molecule has 2 aromatic rings. The average Bonchev–Trinajstić information content (AvgIpc) is 2.95. The van der Waals surface area contributed by atoms with E-state index in [1.54, 1.807) is 0 Å². The van der Waals surface area contributed by atoms with E-state index in [-0.39, 0.29) is 17.0 Å². The third-order valence-corrected chi connectivity index (χ3v) is 2.55. The second-order valence-corrected chi connectivity index (χ2v) is 4.13. The lowest BCUT2D eigenvalue weighted by Crippen LogP contribution is -2.12. The Balaban J connectivity index is 2.05. The van der Waals surface area contributed by atoms with E-state index < -0.39 is 12.0 Å². The predicted molar refractivity (Wildman–Crippen MR) is 57.7 cm³/mol. The Morgan fingerprint density at radius 1 is 1.22 bits per heavy atom. The molecule has 2 heterocycles. The molecule has 1 aliphatic rings. The van der Waals surface area contributed by atoms with Gasteiger partial charge >= 0.3 is 6.18 Å². The monoisotopic (exact) mass is 258 g/mol. The maximum absolute atomic E-state index is 12.5. The minimum absolute atomic E-state index is 0.0852. The number of nitrogens with zero attached hydrogens (tertiary/aromatic N) is 3. The number of nitrogen functional groups attached to an aromatic ring is 1. The van der Waals surface area contributed by atoms with Crippen LogP contribution in [-0.2, 0) is 6.18 Å². The molecule has 0 amide bonds. The van der Waals surface area contributed by atoms with E-state index in [2.05, 4.69) is 25.3 Å². The lowest BCUT2D eigenvalue weighted by Gasteiger charge is -2.04. The third kappa shape index (κ3) is 1.91. The molecule has 96 valence electrons. The predicted octanol–water partition coefficient (Wildman–Crippen LogP) is 1.53. The summed E-state index contributed by atoms with van der Waals surface area (Å²) >= 11 is 0. The van der Waals surface area contributed by atoms with Gasteiger partial charge < -0.3 is 16.0 Å². The first-order valence-electron chi connectivity index (χ1n) is 5.30. The number of alkyl halides is 3. The highest BCUT2D eigenvalue weighted by Gasteiger charge is 2.36. The molecule has 0 aromatic carbocycles. The van der Waals surface area contributed by atoms with Gasteiger partial charge in [0.15, 0.2) is 11.5 Å². The molecule has 9 heteroatoms. The summed E-state index contributed by atoms with van der Waals surface area (Å²) in [5.74, 6) is -1.17. The van der Waals surface area contributed by atoms with Crippen LogP contribution in [0.3, 0.4) is 0 Å². The van der Waals surface area contributed by atoms with Crippen LogP contribution in [0, 0.1) is 0 Å². The van der Waals surface area contributed by atoms with Crippen molar-refractivity contribution in [3.63, 3.8) is 0 Å². The molecule has 0 spiro atoms. The molecule has 0 atom stereocenters. The molecule has 3 rings (SSSR count). The van der Waals surface area contributed by atoms with E-state index in [0.717, 1.165) is 12.8 Å². The van der Waals surface area contributed by atoms with Crippen molar-refractivity contribution in [1.82, 2.24) is 19.9 Å². The molecule has 0 saturated heterocycles. The number of imidazole rings is 1. The number of anilines is 2. The summed E-state index contributed by atoms with van der Waals surface area (Å²) in [6.07, 6.45) is -2.59. The molecule has 1 fully saturated rings. The van der Waals surface area contributed by atoms with Gasteiger partial charge in [0, 0.05) is 6.04 Å². The minimum Gasteiger partial charge on any atom is -0.382 e. The van der Waals surface area contributed by atoms with Gasteiger partial charge in [0.05, 0.1) is 0 Å². The second kappa shape index (κ2) is 3.47. The third-order valence-electron chi connectivity index (χ3n) is 2.55. The van der Waals surface area contributed by atoms with Crippen LogP contribution < -0.4 is 11.1 Å². The van der Waals surface area contributed by atoms with Crippen molar-refractivity contribution in [2.24, 2.45) is 0 Å². The van der Waals surface area contributed by atoms with Crippen molar-refractivity contribution in [2.45, 2.75) is 25.1 Å². The van der Waals surface area contributed by atoms with Crippen LogP contribution in [-0.4, -0.2) is 26.0 Å². The molecule has 0 aliphatic heterocycles. The lowest BCUT2D eigenvalue weighted by atomic mass is 10.4. The molecule has 0 bridgehead atoms. The Morgan fingerprint density at radius 3 is 2.56 bits per heavy atom. The summed E-state index contributed by atoms with van der Waals surface area (Å²) in [5.41, 5.74) is 5.59. The fraction of sp³-hybridized carbons (Fsp3) is 0.444.